The molecule has 1 saturated heterocycles. The molecule has 0 unspecified atom stereocenters. The van der Waals surface area contributed by atoms with Crippen LogP contribution in [0.15, 0.2) is 18.5 Å². The topological polar surface area (TPSA) is 59.4 Å². The van der Waals surface area contributed by atoms with Gasteiger partial charge in [-0.2, -0.15) is 13.2 Å². The molecule has 1 aliphatic rings. The number of rotatable bonds is 2. The Balaban J connectivity index is 2.58. The zero-order valence-electron chi connectivity index (χ0n) is 9.91. The van der Waals surface area contributed by atoms with Crippen molar-refractivity contribution in [3.63, 3.8) is 0 Å². The second-order valence-corrected chi connectivity index (χ2v) is 4.42. The van der Waals surface area contributed by atoms with Crippen LogP contribution < -0.4 is 0 Å². The summed E-state index contributed by atoms with van der Waals surface area (Å²) in [5, 5.41) is 9.39. The first-order chi connectivity index (χ1) is 8.88. The summed E-state index contributed by atoms with van der Waals surface area (Å²) in [6.45, 7) is 0.262. The van der Waals surface area contributed by atoms with Crippen LogP contribution in [0.5, 0.6) is 0 Å². The van der Waals surface area contributed by atoms with Gasteiger partial charge in [0.1, 0.15) is 0 Å². The summed E-state index contributed by atoms with van der Waals surface area (Å²) in [4.78, 5) is 15.0. The lowest BCUT2D eigenvalue weighted by molar-refractivity contribution is -0.150. The number of aromatic nitrogens is 1. The zero-order valence-corrected chi connectivity index (χ0v) is 9.91. The van der Waals surface area contributed by atoms with Crippen molar-refractivity contribution in [3.05, 3.63) is 29.6 Å². The predicted molar refractivity (Wildman–Crippen MR) is 58.6 cm³/mol. The number of halogens is 3. The first kappa shape index (κ1) is 13.8. The lowest BCUT2D eigenvalue weighted by atomic mass is 9.73. The van der Waals surface area contributed by atoms with Gasteiger partial charge in [-0.05, 0) is 24.5 Å². The maximum absolute atomic E-state index is 13.0. The van der Waals surface area contributed by atoms with Gasteiger partial charge in [-0.3, -0.25) is 9.78 Å². The lowest BCUT2D eigenvalue weighted by Crippen LogP contribution is -2.42. The second-order valence-electron chi connectivity index (χ2n) is 4.42. The zero-order chi connectivity index (χ0) is 14.1. The van der Waals surface area contributed by atoms with Crippen molar-refractivity contribution in [2.75, 3.05) is 13.2 Å². The van der Waals surface area contributed by atoms with Crippen molar-refractivity contribution in [2.24, 2.45) is 0 Å². The monoisotopic (exact) mass is 275 g/mol. The van der Waals surface area contributed by atoms with Crippen LogP contribution in [0.25, 0.3) is 0 Å². The maximum atomic E-state index is 13.0. The molecule has 2 rings (SSSR count). The summed E-state index contributed by atoms with van der Waals surface area (Å²) in [7, 11) is 0. The maximum Gasteiger partial charge on any atom is 0.418 e. The van der Waals surface area contributed by atoms with E-state index in [-0.39, 0.29) is 31.6 Å². The fraction of sp³-hybridized carbons (Fsp3) is 0.500. The van der Waals surface area contributed by atoms with Crippen LogP contribution in [-0.2, 0) is 21.1 Å². The van der Waals surface area contributed by atoms with Gasteiger partial charge in [-0.15, -0.1) is 0 Å². The highest BCUT2D eigenvalue weighted by atomic mass is 19.4. The minimum atomic E-state index is -4.62. The Morgan fingerprint density at radius 2 is 2.00 bits per heavy atom. The van der Waals surface area contributed by atoms with Crippen molar-refractivity contribution in [3.8, 4) is 0 Å². The lowest BCUT2D eigenvalue weighted by Gasteiger charge is -2.35. The number of hydrogen-bond acceptors (Lipinski definition) is 3. The normalized spacial score (nSPS) is 19.1. The molecule has 0 spiro atoms. The molecular weight excluding hydrogens is 263 g/mol. The SMILES string of the molecule is O=C(O)C1(c2ccncc2C(F)(F)F)CCOCC1. The smallest absolute Gasteiger partial charge is 0.418 e. The molecule has 7 heteroatoms. The van der Waals surface area contributed by atoms with Gasteiger partial charge in [0, 0.05) is 25.6 Å². The van der Waals surface area contributed by atoms with Gasteiger partial charge in [0.05, 0.1) is 11.0 Å². The Labute approximate surface area is 107 Å². The van der Waals surface area contributed by atoms with Crippen LogP contribution in [0.1, 0.15) is 24.0 Å². The van der Waals surface area contributed by atoms with E-state index < -0.39 is 23.1 Å². The van der Waals surface area contributed by atoms with Gasteiger partial charge < -0.3 is 9.84 Å². The van der Waals surface area contributed by atoms with Crippen LogP contribution >= 0.6 is 0 Å². The van der Waals surface area contributed by atoms with Crippen LogP contribution in [0, 0.1) is 0 Å². The van der Waals surface area contributed by atoms with E-state index in [1.54, 1.807) is 0 Å². The van der Waals surface area contributed by atoms with Gasteiger partial charge in [0.2, 0.25) is 0 Å². The standard InChI is InChI=1S/C12H12F3NO3/c13-12(14,15)9-7-16-4-1-8(9)11(10(17)18)2-5-19-6-3-11/h1,4,7H,2-3,5-6H2,(H,17,18). The molecule has 0 atom stereocenters. The Morgan fingerprint density at radius 1 is 1.37 bits per heavy atom. The molecule has 0 radical (unpaired) electrons. The molecule has 19 heavy (non-hydrogen) atoms. The molecule has 0 amide bonds. The molecule has 104 valence electrons. The first-order valence-electron chi connectivity index (χ1n) is 5.71. The van der Waals surface area contributed by atoms with E-state index in [1.165, 1.54) is 6.20 Å². The molecule has 2 heterocycles. The Morgan fingerprint density at radius 3 is 2.53 bits per heavy atom. The summed E-state index contributed by atoms with van der Waals surface area (Å²) >= 11 is 0. The molecule has 1 aliphatic heterocycles. The van der Waals surface area contributed by atoms with Gasteiger partial charge in [-0.1, -0.05) is 0 Å². The molecule has 0 aromatic carbocycles. The molecule has 1 aromatic heterocycles. The van der Waals surface area contributed by atoms with Crippen molar-refractivity contribution >= 4 is 5.97 Å². The van der Waals surface area contributed by atoms with E-state index >= 15 is 0 Å². The third kappa shape index (κ3) is 2.42. The third-order valence-electron chi connectivity index (χ3n) is 3.40. The molecular formula is C12H12F3NO3. The number of hydrogen-bond donors (Lipinski definition) is 1. The van der Waals surface area contributed by atoms with Crippen molar-refractivity contribution < 1.29 is 27.8 Å². The van der Waals surface area contributed by atoms with E-state index in [2.05, 4.69) is 4.98 Å². The van der Waals surface area contributed by atoms with Crippen LogP contribution in [0.4, 0.5) is 13.2 Å². The van der Waals surface area contributed by atoms with E-state index in [1.807, 2.05) is 0 Å². The number of ether oxygens (including phenoxy) is 1. The summed E-state index contributed by atoms with van der Waals surface area (Å²) in [6, 6.07) is 1.14. The molecule has 1 aromatic rings. The van der Waals surface area contributed by atoms with Crippen molar-refractivity contribution in [1.29, 1.82) is 0 Å². The van der Waals surface area contributed by atoms with Crippen LogP contribution in [0.2, 0.25) is 0 Å². The Hall–Kier alpha value is -1.63. The minimum Gasteiger partial charge on any atom is -0.481 e. The van der Waals surface area contributed by atoms with Crippen molar-refractivity contribution in [2.45, 2.75) is 24.4 Å². The summed E-state index contributed by atoms with van der Waals surface area (Å²) in [6.07, 6.45) is -2.71. The highest BCUT2D eigenvalue weighted by molar-refractivity contribution is 5.82. The number of alkyl halides is 3. The van der Waals surface area contributed by atoms with E-state index in [0.29, 0.717) is 6.20 Å². The average Bonchev–Trinajstić information content (AvgIpc) is 2.38. The van der Waals surface area contributed by atoms with Gasteiger partial charge in [0.15, 0.2) is 0 Å². The van der Waals surface area contributed by atoms with Crippen LogP contribution in [0.3, 0.4) is 0 Å². The van der Waals surface area contributed by atoms with E-state index in [4.69, 9.17) is 4.74 Å². The third-order valence-corrected chi connectivity index (χ3v) is 3.40. The summed E-state index contributed by atoms with van der Waals surface area (Å²) in [5.74, 6) is -1.26. The molecule has 0 bridgehead atoms. The largest absolute Gasteiger partial charge is 0.481 e. The van der Waals surface area contributed by atoms with Gasteiger partial charge in [0.25, 0.3) is 0 Å². The number of nitrogens with zero attached hydrogens (tertiary/aromatic N) is 1. The number of carboxylic acid groups (broad SMARTS) is 1. The quantitative estimate of drug-likeness (QED) is 0.899. The summed E-state index contributed by atoms with van der Waals surface area (Å²) in [5.41, 5.74) is -2.77. The fourth-order valence-corrected chi connectivity index (χ4v) is 2.36. The van der Waals surface area contributed by atoms with Gasteiger partial charge >= 0.3 is 12.1 Å². The fourth-order valence-electron chi connectivity index (χ4n) is 2.36. The molecule has 0 saturated carbocycles. The molecule has 4 nitrogen and oxygen atoms in total. The molecule has 1 N–H and O–H groups in total. The molecule has 0 aliphatic carbocycles. The average molecular weight is 275 g/mol. The highest BCUT2D eigenvalue weighted by Gasteiger charge is 2.47. The summed E-state index contributed by atoms with van der Waals surface area (Å²) < 4.78 is 44.0. The number of carboxylic acids is 1. The van der Waals surface area contributed by atoms with E-state index in [9.17, 15) is 23.1 Å². The predicted octanol–water partition coefficient (Wildman–Crippen LogP) is 2.23. The first-order valence-corrected chi connectivity index (χ1v) is 5.71. The van der Waals surface area contributed by atoms with Gasteiger partial charge in [-0.25, -0.2) is 0 Å². The van der Waals surface area contributed by atoms with E-state index in [0.717, 1.165) is 6.07 Å². The minimum absolute atomic E-state index is 0.0232. The highest BCUT2D eigenvalue weighted by Crippen LogP contribution is 2.42. The van der Waals surface area contributed by atoms with Crippen molar-refractivity contribution in [1.82, 2.24) is 4.98 Å². The number of aliphatic carboxylic acids is 1. The second kappa shape index (κ2) is 4.80. The number of carbonyl (C=O) groups is 1. The van der Waals surface area contributed by atoms with Crippen LogP contribution in [-0.4, -0.2) is 29.3 Å². The number of pyridine rings is 1. The Bertz CT molecular complexity index is 481. The molecule has 1 fully saturated rings. The Kier molecular flexibility index (Phi) is 3.49.